The van der Waals surface area contributed by atoms with Gasteiger partial charge in [0, 0.05) is 6.42 Å². The van der Waals surface area contributed by atoms with Crippen LogP contribution in [0.4, 0.5) is 8.78 Å². The molecule has 4 bridgehead atoms. The average molecular weight is 415 g/mol. The van der Waals surface area contributed by atoms with E-state index in [-0.39, 0.29) is 30.8 Å². The standard InChI is InChI=1S/C21H30F2O6/c1-12(2)17(21(22,23)18(25)26)29-16(24)4-3-5-28-19(27)20-9-13-6-14(10-20)8-15(7-13)11-20/h12-15,17H,3-11H2,1-2H3,(H,25,26)/p-1. The third-order valence-electron chi connectivity index (χ3n) is 6.72. The number of carboxylic acid groups (broad SMARTS) is 1. The fraction of sp³-hybridized carbons (Fsp3) is 0.857. The lowest BCUT2D eigenvalue weighted by atomic mass is 9.49. The van der Waals surface area contributed by atoms with Crippen molar-refractivity contribution < 1.29 is 37.7 Å². The summed E-state index contributed by atoms with van der Waals surface area (Å²) in [6, 6.07) is 0. The molecular weight excluding hydrogens is 386 g/mol. The van der Waals surface area contributed by atoms with Crippen LogP contribution in [0.3, 0.4) is 0 Å². The molecule has 8 heteroatoms. The summed E-state index contributed by atoms with van der Waals surface area (Å²) in [4.78, 5) is 35.2. The second-order valence-corrected chi connectivity index (χ2v) is 9.50. The van der Waals surface area contributed by atoms with E-state index >= 15 is 0 Å². The molecule has 29 heavy (non-hydrogen) atoms. The molecule has 4 fully saturated rings. The molecule has 0 heterocycles. The second kappa shape index (κ2) is 8.19. The molecule has 0 spiro atoms. The zero-order valence-electron chi connectivity index (χ0n) is 17.0. The highest BCUT2D eigenvalue weighted by molar-refractivity contribution is 5.78. The van der Waals surface area contributed by atoms with Crippen molar-refractivity contribution in [3.8, 4) is 0 Å². The number of hydrogen-bond acceptors (Lipinski definition) is 6. The molecule has 4 aliphatic carbocycles. The molecule has 6 nitrogen and oxygen atoms in total. The Morgan fingerprint density at radius 1 is 1.07 bits per heavy atom. The number of aliphatic carboxylic acids is 1. The van der Waals surface area contributed by atoms with E-state index in [1.165, 1.54) is 33.1 Å². The first kappa shape index (κ1) is 22.0. The van der Waals surface area contributed by atoms with Crippen molar-refractivity contribution in [3.63, 3.8) is 0 Å². The predicted molar refractivity (Wildman–Crippen MR) is 95.5 cm³/mol. The molecule has 0 amide bonds. The first-order valence-electron chi connectivity index (χ1n) is 10.5. The quantitative estimate of drug-likeness (QED) is 0.424. The fourth-order valence-corrected chi connectivity index (χ4v) is 5.84. The Balaban J connectivity index is 1.44. The molecule has 0 radical (unpaired) electrons. The van der Waals surface area contributed by atoms with Crippen molar-refractivity contribution >= 4 is 17.9 Å². The summed E-state index contributed by atoms with van der Waals surface area (Å²) in [7, 11) is 0. The van der Waals surface area contributed by atoms with Crippen molar-refractivity contribution in [2.45, 2.75) is 77.2 Å². The minimum absolute atomic E-state index is 0.0128. The molecule has 0 saturated heterocycles. The SMILES string of the molecule is CC(C)C(OC(=O)CCCOC(=O)C12CC3CC(CC(C3)C1)C2)C(F)(F)C(=O)[O-]. The number of ether oxygens (including phenoxy) is 2. The second-order valence-electron chi connectivity index (χ2n) is 9.50. The largest absolute Gasteiger partial charge is 0.544 e. The average Bonchev–Trinajstić information content (AvgIpc) is 2.61. The molecule has 0 aromatic carbocycles. The number of alkyl halides is 2. The molecule has 164 valence electrons. The Morgan fingerprint density at radius 2 is 1.59 bits per heavy atom. The smallest absolute Gasteiger partial charge is 0.323 e. The number of halogens is 2. The topological polar surface area (TPSA) is 92.7 Å². The van der Waals surface area contributed by atoms with E-state index in [0.717, 1.165) is 19.3 Å². The van der Waals surface area contributed by atoms with Crippen LogP contribution in [0.1, 0.15) is 65.2 Å². The van der Waals surface area contributed by atoms with Crippen LogP contribution < -0.4 is 5.11 Å². The molecule has 1 unspecified atom stereocenters. The number of carboxylic acids is 1. The van der Waals surface area contributed by atoms with Gasteiger partial charge in [-0.3, -0.25) is 9.59 Å². The van der Waals surface area contributed by atoms with Crippen molar-refractivity contribution in [2.24, 2.45) is 29.1 Å². The maximum absolute atomic E-state index is 13.7. The van der Waals surface area contributed by atoms with Gasteiger partial charge in [-0.25, -0.2) is 0 Å². The van der Waals surface area contributed by atoms with Crippen LogP contribution in [0.2, 0.25) is 0 Å². The summed E-state index contributed by atoms with van der Waals surface area (Å²) in [5, 5.41) is 10.6. The van der Waals surface area contributed by atoms with Gasteiger partial charge in [0.25, 0.3) is 0 Å². The summed E-state index contributed by atoms with van der Waals surface area (Å²) < 4.78 is 37.5. The number of carbonyl (C=O) groups is 3. The van der Waals surface area contributed by atoms with Crippen molar-refractivity contribution in [3.05, 3.63) is 0 Å². The van der Waals surface area contributed by atoms with E-state index in [0.29, 0.717) is 17.8 Å². The zero-order chi connectivity index (χ0) is 21.4. The Labute approximate surface area is 169 Å². The summed E-state index contributed by atoms with van der Waals surface area (Å²) in [5.41, 5.74) is -0.380. The van der Waals surface area contributed by atoms with Gasteiger partial charge in [0.2, 0.25) is 0 Å². The molecule has 0 aromatic rings. The molecule has 0 aliphatic heterocycles. The van der Waals surface area contributed by atoms with Crippen LogP contribution in [0.25, 0.3) is 0 Å². The summed E-state index contributed by atoms with van der Waals surface area (Å²) in [6.07, 6.45) is 4.09. The van der Waals surface area contributed by atoms with Gasteiger partial charge in [-0.2, -0.15) is 8.78 Å². The van der Waals surface area contributed by atoms with Crippen molar-refractivity contribution in [1.82, 2.24) is 0 Å². The lowest BCUT2D eigenvalue weighted by molar-refractivity contribution is -0.337. The lowest BCUT2D eigenvalue weighted by Gasteiger charge is -2.55. The molecular formula is C21H29F2O6-. The third kappa shape index (κ3) is 4.56. The van der Waals surface area contributed by atoms with Crippen LogP contribution in [0.5, 0.6) is 0 Å². The minimum Gasteiger partial charge on any atom is -0.544 e. The van der Waals surface area contributed by atoms with Crippen LogP contribution in [0.15, 0.2) is 0 Å². The van der Waals surface area contributed by atoms with E-state index in [1.807, 2.05) is 0 Å². The highest BCUT2D eigenvalue weighted by Gasteiger charge is 2.55. The van der Waals surface area contributed by atoms with Crippen LogP contribution in [-0.4, -0.2) is 36.5 Å². The Morgan fingerprint density at radius 3 is 2.03 bits per heavy atom. The Kier molecular flexibility index (Phi) is 6.20. The fourth-order valence-electron chi connectivity index (χ4n) is 5.84. The number of rotatable bonds is 9. The van der Waals surface area contributed by atoms with E-state index in [9.17, 15) is 28.3 Å². The van der Waals surface area contributed by atoms with Crippen molar-refractivity contribution in [1.29, 1.82) is 0 Å². The Hall–Kier alpha value is -1.73. The maximum atomic E-state index is 13.7. The normalized spacial score (nSPS) is 31.6. The van der Waals surface area contributed by atoms with Crippen LogP contribution >= 0.6 is 0 Å². The van der Waals surface area contributed by atoms with Gasteiger partial charge >= 0.3 is 17.9 Å². The van der Waals surface area contributed by atoms with E-state index < -0.39 is 29.9 Å². The first-order chi connectivity index (χ1) is 13.5. The number of esters is 2. The molecule has 4 saturated carbocycles. The van der Waals surface area contributed by atoms with E-state index in [2.05, 4.69) is 0 Å². The highest BCUT2D eigenvalue weighted by Crippen LogP contribution is 2.60. The van der Waals surface area contributed by atoms with Gasteiger partial charge in [0.05, 0.1) is 12.0 Å². The summed E-state index contributed by atoms with van der Waals surface area (Å²) in [5.74, 6) is -7.06. The highest BCUT2D eigenvalue weighted by atomic mass is 19.3. The minimum atomic E-state index is -4.27. The van der Waals surface area contributed by atoms with Gasteiger partial charge in [-0.15, -0.1) is 0 Å². The van der Waals surface area contributed by atoms with Crippen LogP contribution in [0, 0.1) is 29.1 Å². The van der Waals surface area contributed by atoms with Gasteiger partial charge in [-0.1, -0.05) is 13.8 Å². The number of carbonyl (C=O) groups excluding carboxylic acids is 3. The number of hydrogen-bond donors (Lipinski definition) is 0. The monoisotopic (exact) mass is 415 g/mol. The molecule has 4 aliphatic rings. The first-order valence-corrected chi connectivity index (χ1v) is 10.5. The van der Waals surface area contributed by atoms with E-state index in [1.54, 1.807) is 0 Å². The van der Waals surface area contributed by atoms with Gasteiger partial charge in [-0.05, 0) is 68.6 Å². The summed E-state index contributed by atoms with van der Waals surface area (Å²) in [6.45, 7) is 2.68. The third-order valence-corrected chi connectivity index (χ3v) is 6.72. The van der Waals surface area contributed by atoms with Crippen LogP contribution in [-0.2, 0) is 23.9 Å². The molecule has 4 rings (SSSR count). The molecule has 0 N–H and O–H groups in total. The van der Waals surface area contributed by atoms with Gasteiger partial charge < -0.3 is 19.4 Å². The Bertz CT molecular complexity index is 624. The van der Waals surface area contributed by atoms with Gasteiger partial charge in [0.15, 0.2) is 6.10 Å². The lowest BCUT2D eigenvalue weighted by Crippen LogP contribution is -2.53. The maximum Gasteiger partial charge on any atom is 0.323 e. The van der Waals surface area contributed by atoms with Crippen molar-refractivity contribution in [2.75, 3.05) is 6.61 Å². The van der Waals surface area contributed by atoms with E-state index in [4.69, 9.17) is 9.47 Å². The zero-order valence-corrected chi connectivity index (χ0v) is 17.0. The molecule has 0 aromatic heterocycles. The summed E-state index contributed by atoms with van der Waals surface area (Å²) >= 11 is 0. The predicted octanol–water partition coefficient (Wildman–Crippen LogP) is 2.48. The molecule has 1 atom stereocenters. The van der Waals surface area contributed by atoms with Gasteiger partial charge in [0.1, 0.15) is 5.97 Å².